The SMILES string of the molecule is CC(=O)NC(CN1CC(C)OC(C)C1)C(=O)O. The van der Waals surface area contributed by atoms with Crippen molar-refractivity contribution in [3.8, 4) is 0 Å². The first-order chi connectivity index (χ1) is 7.88. The minimum absolute atomic E-state index is 0.0884. The Labute approximate surface area is 101 Å². The second kappa shape index (κ2) is 5.97. The van der Waals surface area contributed by atoms with Gasteiger partial charge >= 0.3 is 5.97 Å². The maximum Gasteiger partial charge on any atom is 0.327 e. The molecule has 1 aliphatic heterocycles. The van der Waals surface area contributed by atoms with Crippen LogP contribution in [0.3, 0.4) is 0 Å². The Kier molecular flexibility index (Phi) is 4.89. The van der Waals surface area contributed by atoms with Crippen molar-refractivity contribution in [3.05, 3.63) is 0 Å². The fourth-order valence-electron chi connectivity index (χ4n) is 2.12. The molecular weight excluding hydrogens is 224 g/mol. The zero-order valence-electron chi connectivity index (χ0n) is 10.5. The largest absolute Gasteiger partial charge is 0.480 e. The van der Waals surface area contributed by atoms with Crippen molar-refractivity contribution in [2.45, 2.75) is 39.0 Å². The average Bonchev–Trinajstić information content (AvgIpc) is 2.13. The molecule has 0 aromatic heterocycles. The predicted molar refractivity (Wildman–Crippen MR) is 61.7 cm³/mol. The Hall–Kier alpha value is -1.14. The molecule has 0 bridgehead atoms. The van der Waals surface area contributed by atoms with Crippen LogP contribution in [0.15, 0.2) is 0 Å². The lowest BCUT2D eigenvalue weighted by molar-refractivity contribution is -0.143. The van der Waals surface area contributed by atoms with E-state index in [9.17, 15) is 9.59 Å². The number of carboxylic acid groups (broad SMARTS) is 1. The summed E-state index contributed by atoms with van der Waals surface area (Å²) < 4.78 is 5.56. The standard InChI is InChI=1S/C11H20N2O4/c1-7-4-13(5-8(2)17-7)6-10(11(15)16)12-9(3)14/h7-8,10H,4-6H2,1-3H3,(H,12,14)(H,15,16). The Morgan fingerprint density at radius 1 is 1.41 bits per heavy atom. The van der Waals surface area contributed by atoms with Gasteiger partial charge in [0.25, 0.3) is 0 Å². The number of nitrogens with zero attached hydrogens (tertiary/aromatic N) is 1. The van der Waals surface area contributed by atoms with E-state index in [1.165, 1.54) is 6.92 Å². The van der Waals surface area contributed by atoms with Crippen molar-refractivity contribution < 1.29 is 19.4 Å². The van der Waals surface area contributed by atoms with Gasteiger partial charge in [0, 0.05) is 26.6 Å². The van der Waals surface area contributed by atoms with E-state index < -0.39 is 12.0 Å². The molecule has 17 heavy (non-hydrogen) atoms. The summed E-state index contributed by atoms with van der Waals surface area (Å²) in [6, 6.07) is -0.856. The highest BCUT2D eigenvalue weighted by molar-refractivity contribution is 5.82. The summed E-state index contributed by atoms with van der Waals surface area (Å²) in [5.74, 6) is -1.33. The van der Waals surface area contributed by atoms with Crippen LogP contribution in [-0.2, 0) is 14.3 Å². The first-order valence-corrected chi connectivity index (χ1v) is 5.76. The van der Waals surface area contributed by atoms with Crippen LogP contribution in [0.2, 0.25) is 0 Å². The van der Waals surface area contributed by atoms with Crippen LogP contribution in [0.4, 0.5) is 0 Å². The minimum Gasteiger partial charge on any atom is -0.480 e. The quantitative estimate of drug-likeness (QED) is 0.709. The van der Waals surface area contributed by atoms with Gasteiger partial charge in [-0.2, -0.15) is 0 Å². The van der Waals surface area contributed by atoms with Gasteiger partial charge in [0.1, 0.15) is 6.04 Å². The van der Waals surface area contributed by atoms with Crippen molar-refractivity contribution in [2.75, 3.05) is 19.6 Å². The number of carbonyl (C=O) groups is 2. The van der Waals surface area contributed by atoms with Gasteiger partial charge < -0.3 is 15.2 Å². The molecule has 98 valence electrons. The Morgan fingerprint density at radius 2 is 1.94 bits per heavy atom. The van der Waals surface area contributed by atoms with Gasteiger partial charge in [0.15, 0.2) is 0 Å². The van der Waals surface area contributed by atoms with Crippen molar-refractivity contribution in [2.24, 2.45) is 0 Å². The molecule has 0 aromatic carbocycles. The number of hydrogen-bond donors (Lipinski definition) is 2. The van der Waals surface area contributed by atoms with Crippen molar-refractivity contribution in [3.63, 3.8) is 0 Å². The van der Waals surface area contributed by atoms with Crippen LogP contribution in [0.25, 0.3) is 0 Å². The van der Waals surface area contributed by atoms with Gasteiger partial charge in [-0.25, -0.2) is 4.79 Å². The topological polar surface area (TPSA) is 78.9 Å². The van der Waals surface area contributed by atoms with Crippen LogP contribution in [-0.4, -0.2) is 59.8 Å². The normalized spacial score (nSPS) is 27.5. The monoisotopic (exact) mass is 244 g/mol. The lowest BCUT2D eigenvalue weighted by Crippen LogP contribution is -2.53. The molecule has 1 amide bonds. The van der Waals surface area contributed by atoms with Gasteiger partial charge in [-0.15, -0.1) is 0 Å². The molecule has 1 saturated heterocycles. The summed E-state index contributed by atoms with van der Waals surface area (Å²) in [6.07, 6.45) is 0.177. The van der Waals surface area contributed by atoms with Crippen LogP contribution < -0.4 is 5.32 Å². The van der Waals surface area contributed by atoms with Gasteiger partial charge in [-0.3, -0.25) is 9.69 Å². The van der Waals surface area contributed by atoms with Crippen LogP contribution in [0.1, 0.15) is 20.8 Å². The maximum absolute atomic E-state index is 11.0. The van der Waals surface area contributed by atoms with Crippen LogP contribution in [0.5, 0.6) is 0 Å². The number of nitrogens with one attached hydrogen (secondary N) is 1. The number of ether oxygens (including phenoxy) is 1. The van der Waals surface area contributed by atoms with Gasteiger partial charge in [0.05, 0.1) is 12.2 Å². The third-order valence-corrected chi connectivity index (χ3v) is 2.61. The highest BCUT2D eigenvalue weighted by atomic mass is 16.5. The summed E-state index contributed by atoms with van der Waals surface area (Å²) in [7, 11) is 0. The Balaban J connectivity index is 2.54. The van der Waals surface area contributed by atoms with Gasteiger partial charge in [0.2, 0.25) is 5.91 Å². The second-order valence-corrected chi connectivity index (χ2v) is 4.57. The highest BCUT2D eigenvalue weighted by Gasteiger charge is 2.27. The van der Waals surface area contributed by atoms with E-state index in [0.717, 1.165) is 0 Å². The minimum atomic E-state index is -1.01. The molecule has 6 heteroatoms. The van der Waals surface area contributed by atoms with Gasteiger partial charge in [-0.05, 0) is 13.8 Å². The zero-order valence-corrected chi connectivity index (χ0v) is 10.5. The van der Waals surface area contributed by atoms with E-state index >= 15 is 0 Å². The zero-order chi connectivity index (χ0) is 13.0. The summed E-state index contributed by atoms with van der Waals surface area (Å²) in [5, 5.41) is 11.4. The van der Waals surface area contributed by atoms with E-state index in [4.69, 9.17) is 9.84 Å². The molecule has 1 heterocycles. The third-order valence-electron chi connectivity index (χ3n) is 2.61. The number of amides is 1. The Bertz CT molecular complexity index is 285. The van der Waals surface area contributed by atoms with E-state index in [0.29, 0.717) is 19.6 Å². The summed E-state index contributed by atoms with van der Waals surface area (Å²) in [6.45, 7) is 6.92. The lowest BCUT2D eigenvalue weighted by Gasteiger charge is -2.36. The van der Waals surface area contributed by atoms with Crippen molar-refractivity contribution in [1.82, 2.24) is 10.2 Å². The first kappa shape index (κ1) is 13.9. The molecule has 0 saturated carbocycles. The molecule has 0 aliphatic carbocycles. The fourth-order valence-corrected chi connectivity index (χ4v) is 2.12. The molecule has 6 nitrogen and oxygen atoms in total. The van der Waals surface area contributed by atoms with E-state index in [-0.39, 0.29) is 18.1 Å². The van der Waals surface area contributed by atoms with E-state index in [2.05, 4.69) is 5.32 Å². The number of rotatable bonds is 4. The number of hydrogen-bond acceptors (Lipinski definition) is 4. The summed E-state index contributed by atoms with van der Waals surface area (Å²) >= 11 is 0. The number of carbonyl (C=O) groups excluding carboxylic acids is 1. The molecule has 3 atom stereocenters. The number of carboxylic acids is 1. The fraction of sp³-hybridized carbons (Fsp3) is 0.818. The molecule has 1 fully saturated rings. The van der Waals surface area contributed by atoms with Crippen molar-refractivity contribution >= 4 is 11.9 Å². The lowest BCUT2D eigenvalue weighted by atomic mass is 10.2. The highest BCUT2D eigenvalue weighted by Crippen LogP contribution is 2.10. The van der Waals surface area contributed by atoms with Gasteiger partial charge in [-0.1, -0.05) is 0 Å². The summed E-state index contributed by atoms with van der Waals surface area (Å²) in [5.41, 5.74) is 0. The third kappa shape index (κ3) is 4.70. The predicted octanol–water partition coefficient (Wildman–Crippen LogP) is -0.315. The Morgan fingerprint density at radius 3 is 2.35 bits per heavy atom. The smallest absolute Gasteiger partial charge is 0.327 e. The van der Waals surface area contributed by atoms with Crippen molar-refractivity contribution in [1.29, 1.82) is 0 Å². The molecule has 1 rings (SSSR count). The number of morpholine rings is 1. The molecular formula is C11H20N2O4. The van der Waals surface area contributed by atoms with E-state index in [1.807, 2.05) is 18.7 Å². The average molecular weight is 244 g/mol. The summed E-state index contributed by atoms with van der Waals surface area (Å²) in [4.78, 5) is 23.9. The molecule has 0 spiro atoms. The number of aliphatic carboxylic acids is 1. The second-order valence-electron chi connectivity index (χ2n) is 4.57. The molecule has 3 unspecified atom stereocenters. The maximum atomic E-state index is 11.0. The molecule has 0 radical (unpaired) electrons. The first-order valence-electron chi connectivity index (χ1n) is 5.76. The molecule has 1 aliphatic rings. The van der Waals surface area contributed by atoms with E-state index in [1.54, 1.807) is 0 Å². The molecule has 2 N–H and O–H groups in total. The van der Waals surface area contributed by atoms with Crippen LogP contribution in [0, 0.1) is 0 Å². The molecule has 0 aromatic rings. The van der Waals surface area contributed by atoms with Crippen LogP contribution >= 0.6 is 0 Å².